The lowest BCUT2D eigenvalue weighted by Crippen LogP contribution is -2.27. The second kappa shape index (κ2) is 12.8. The molecule has 8 nitrogen and oxygen atoms in total. The smallest absolute Gasteiger partial charge is 0.257 e. The van der Waals surface area contributed by atoms with Crippen LogP contribution in [0.25, 0.3) is 0 Å². The number of unbranched alkanes of at least 4 members (excludes halogenated alkanes) is 5. The molecule has 0 spiro atoms. The second-order valence-electron chi connectivity index (χ2n) is 7.34. The van der Waals surface area contributed by atoms with Crippen LogP contribution in [0.1, 0.15) is 66.4 Å². The zero-order valence-corrected chi connectivity index (χ0v) is 20.1. The molecule has 2 aromatic rings. The number of aryl methyl sites for hydroxylation is 2. The Balaban J connectivity index is 1.97. The zero-order valence-electron chi connectivity index (χ0n) is 18.4. The van der Waals surface area contributed by atoms with E-state index < -0.39 is 15.9 Å². The molecule has 2 N–H and O–H groups in total. The maximum absolute atomic E-state index is 12.7. The number of nitrogens with zero attached hydrogens (tertiary/aromatic N) is 2. The van der Waals surface area contributed by atoms with Crippen molar-refractivity contribution in [1.82, 2.24) is 14.9 Å². The van der Waals surface area contributed by atoms with E-state index in [1.54, 1.807) is 13.0 Å². The van der Waals surface area contributed by atoms with Gasteiger partial charge in [-0.3, -0.25) is 10.1 Å². The van der Waals surface area contributed by atoms with E-state index in [1.165, 1.54) is 62.7 Å². The summed E-state index contributed by atoms with van der Waals surface area (Å²) >= 11 is 1.35. The molecule has 1 aromatic heterocycles. The van der Waals surface area contributed by atoms with Crippen molar-refractivity contribution in [2.75, 3.05) is 25.6 Å². The number of carbonyl (C=O) groups is 1. The Labute approximate surface area is 188 Å². The molecule has 1 aromatic carbocycles. The number of sulfonamides is 1. The number of carbonyl (C=O) groups excluding carboxylic acids is 1. The van der Waals surface area contributed by atoms with Crippen molar-refractivity contribution in [2.45, 2.75) is 63.7 Å². The van der Waals surface area contributed by atoms with Crippen LogP contribution in [0.5, 0.6) is 0 Å². The van der Waals surface area contributed by atoms with E-state index in [4.69, 9.17) is 4.74 Å². The second-order valence-corrected chi connectivity index (χ2v) is 10.2. The molecule has 0 radical (unpaired) electrons. The van der Waals surface area contributed by atoms with Gasteiger partial charge in [-0.25, -0.2) is 13.1 Å². The molecule has 0 bridgehead atoms. The van der Waals surface area contributed by atoms with Crippen molar-refractivity contribution >= 4 is 32.4 Å². The van der Waals surface area contributed by atoms with Gasteiger partial charge in [0.2, 0.25) is 15.2 Å². The van der Waals surface area contributed by atoms with E-state index in [1.807, 2.05) is 0 Å². The average Bonchev–Trinajstić information content (AvgIpc) is 3.18. The van der Waals surface area contributed by atoms with Crippen molar-refractivity contribution < 1.29 is 17.9 Å². The van der Waals surface area contributed by atoms with Gasteiger partial charge in [0.15, 0.2) is 0 Å². The van der Waals surface area contributed by atoms with Crippen LogP contribution in [-0.2, 0) is 21.2 Å². The Morgan fingerprint density at radius 3 is 2.61 bits per heavy atom. The lowest BCUT2D eigenvalue weighted by Gasteiger charge is -2.10. The molecule has 2 rings (SSSR count). The molecule has 0 atom stereocenters. The van der Waals surface area contributed by atoms with Crippen LogP contribution in [0.4, 0.5) is 5.13 Å². The molecule has 0 unspecified atom stereocenters. The van der Waals surface area contributed by atoms with Crippen molar-refractivity contribution in [2.24, 2.45) is 0 Å². The summed E-state index contributed by atoms with van der Waals surface area (Å²) < 4.78 is 32.2. The molecule has 0 saturated carbocycles. The van der Waals surface area contributed by atoms with Gasteiger partial charge in [0.25, 0.3) is 5.91 Å². The first kappa shape index (κ1) is 25.4. The van der Waals surface area contributed by atoms with Crippen LogP contribution in [0, 0.1) is 6.92 Å². The Kier molecular flexibility index (Phi) is 10.5. The fraction of sp³-hybridized carbons (Fsp3) is 0.571. The Bertz CT molecular complexity index is 945. The number of benzene rings is 1. The number of methoxy groups -OCH3 is 1. The minimum atomic E-state index is -3.73. The van der Waals surface area contributed by atoms with E-state index in [2.05, 4.69) is 27.2 Å². The van der Waals surface area contributed by atoms with Gasteiger partial charge in [0.05, 0.1) is 11.5 Å². The van der Waals surface area contributed by atoms with Crippen LogP contribution < -0.4 is 10.0 Å². The number of hydrogen-bond donors (Lipinski definition) is 2. The predicted molar refractivity (Wildman–Crippen MR) is 123 cm³/mol. The summed E-state index contributed by atoms with van der Waals surface area (Å²) in [6.07, 6.45) is 8.08. The van der Waals surface area contributed by atoms with E-state index in [0.29, 0.717) is 10.7 Å². The van der Waals surface area contributed by atoms with Crippen LogP contribution >= 0.6 is 11.3 Å². The third-order valence-corrected chi connectivity index (χ3v) is 7.15. The maximum atomic E-state index is 12.7. The number of rotatable bonds is 14. The predicted octanol–water partition coefficient (Wildman–Crippen LogP) is 3.93. The third kappa shape index (κ3) is 8.29. The Hall–Kier alpha value is -1.88. The first-order chi connectivity index (χ1) is 14.9. The van der Waals surface area contributed by atoms with Crippen LogP contribution in [0.3, 0.4) is 0 Å². The molecule has 1 heterocycles. The minimum absolute atomic E-state index is 0.0281. The van der Waals surface area contributed by atoms with Gasteiger partial charge >= 0.3 is 0 Å². The minimum Gasteiger partial charge on any atom is -0.383 e. The normalized spacial score (nSPS) is 11.6. The summed E-state index contributed by atoms with van der Waals surface area (Å²) in [5, 5.41) is 12.3. The first-order valence-electron chi connectivity index (χ1n) is 10.6. The molecule has 1 amide bonds. The van der Waals surface area contributed by atoms with E-state index in [9.17, 15) is 13.2 Å². The quantitative estimate of drug-likeness (QED) is 0.407. The summed E-state index contributed by atoms with van der Waals surface area (Å²) in [6, 6.07) is 4.47. The van der Waals surface area contributed by atoms with Crippen molar-refractivity contribution in [1.29, 1.82) is 0 Å². The third-order valence-electron chi connectivity index (χ3n) is 4.79. The molecule has 0 saturated heterocycles. The lowest BCUT2D eigenvalue weighted by molar-refractivity contribution is 0.102. The summed E-state index contributed by atoms with van der Waals surface area (Å²) in [5.41, 5.74) is 0.951. The Morgan fingerprint density at radius 1 is 1.13 bits per heavy atom. The molecule has 0 aliphatic heterocycles. The summed E-state index contributed by atoms with van der Waals surface area (Å²) in [7, 11) is -2.23. The molecular weight excluding hydrogens is 436 g/mol. The summed E-state index contributed by atoms with van der Waals surface area (Å²) in [4.78, 5) is 12.8. The summed E-state index contributed by atoms with van der Waals surface area (Å²) in [5.74, 6) is -0.409. The average molecular weight is 469 g/mol. The van der Waals surface area contributed by atoms with E-state index in [0.717, 1.165) is 17.8 Å². The molecule has 0 fully saturated rings. The maximum Gasteiger partial charge on any atom is 0.257 e. The highest BCUT2D eigenvalue weighted by Crippen LogP contribution is 2.21. The van der Waals surface area contributed by atoms with Gasteiger partial charge in [0, 0.05) is 25.6 Å². The first-order valence-corrected chi connectivity index (χ1v) is 12.9. The van der Waals surface area contributed by atoms with Gasteiger partial charge in [0.1, 0.15) is 5.01 Å². The number of nitrogens with one attached hydrogen (secondary N) is 2. The fourth-order valence-electron chi connectivity index (χ4n) is 3.00. The highest BCUT2D eigenvalue weighted by molar-refractivity contribution is 7.89. The zero-order chi connectivity index (χ0) is 22.7. The number of aromatic nitrogens is 2. The van der Waals surface area contributed by atoms with Gasteiger partial charge in [-0.2, -0.15) is 0 Å². The fourth-order valence-corrected chi connectivity index (χ4v) is 4.82. The van der Waals surface area contributed by atoms with Crippen LogP contribution in [0.2, 0.25) is 0 Å². The van der Waals surface area contributed by atoms with Gasteiger partial charge < -0.3 is 4.74 Å². The van der Waals surface area contributed by atoms with Crippen molar-refractivity contribution in [3.8, 4) is 0 Å². The van der Waals surface area contributed by atoms with Crippen LogP contribution in [0.15, 0.2) is 23.1 Å². The van der Waals surface area contributed by atoms with Gasteiger partial charge in [-0.1, -0.05) is 56.4 Å². The molecule has 0 aliphatic rings. The van der Waals surface area contributed by atoms with E-state index in [-0.39, 0.29) is 23.6 Å². The molecule has 172 valence electrons. The lowest BCUT2D eigenvalue weighted by atomic mass is 10.1. The van der Waals surface area contributed by atoms with Crippen molar-refractivity contribution in [3.63, 3.8) is 0 Å². The number of anilines is 1. The SMILES string of the molecule is CCCCCCCCc1nnc(NC(=O)c2cc(S(=O)(=O)NCCOC)ccc2C)s1. The molecular formula is C21H32N4O4S2. The highest BCUT2D eigenvalue weighted by atomic mass is 32.2. The number of amides is 1. The largest absolute Gasteiger partial charge is 0.383 e. The molecule has 10 heteroatoms. The van der Waals surface area contributed by atoms with Gasteiger partial charge in [-0.05, 0) is 31.0 Å². The number of ether oxygens (including phenoxy) is 1. The summed E-state index contributed by atoms with van der Waals surface area (Å²) in [6.45, 7) is 4.37. The van der Waals surface area contributed by atoms with Crippen molar-refractivity contribution in [3.05, 3.63) is 34.3 Å². The number of hydrogen-bond acceptors (Lipinski definition) is 7. The van der Waals surface area contributed by atoms with E-state index >= 15 is 0 Å². The molecule has 31 heavy (non-hydrogen) atoms. The topological polar surface area (TPSA) is 110 Å². The molecule has 0 aliphatic carbocycles. The monoisotopic (exact) mass is 468 g/mol. The highest BCUT2D eigenvalue weighted by Gasteiger charge is 2.19. The standard InChI is InChI=1S/C21H32N4O4S2/c1-4-5-6-7-8-9-10-19-24-25-21(30-19)23-20(26)18-15-17(12-11-16(18)2)31(27,28)22-13-14-29-3/h11-12,15,22H,4-10,13-14H2,1-3H3,(H,23,25,26). The van der Waals surface area contributed by atoms with Crippen LogP contribution in [-0.4, -0.2) is 44.8 Å². The Morgan fingerprint density at radius 2 is 1.87 bits per heavy atom. The van der Waals surface area contributed by atoms with Gasteiger partial charge in [-0.15, -0.1) is 10.2 Å².